The first-order chi connectivity index (χ1) is 14.3. The van der Waals surface area contributed by atoms with Gasteiger partial charge in [0.25, 0.3) is 5.91 Å². The smallest absolute Gasteiger partial charge is 0.254 e. The standard InChI is InChI=1S/C21H24N2O5S2/c24-21(23-12-10-22(11-13-23)18-6-2-1-3-7-18)17-5-4-8-19(15-17)30(27,28)20-9-14-29(25,26)16-20/h1-8,15,20H,9-14,16H2. The van der Waals surface area contributed by atoms with E-state index in [4.69, 9.17) is 0 Å². The summed E-state index contributed by atoms with van der Waals surface area (Å²) < 4.78 is 49.2. The van der Waals surface area contributed by atoms with E-state index in [1.54, 1.807) is 17.0 Å². The van der Waals surface area contributed by atoms with Crippen molar-refractivity contribution in [2.45, 2.75) is 16.6 Å². The molecule has 2 heterocycles. The van der Waals surface area contributed by atoms with Crippen molar-refractivity contribution in [2.24, 2.45) is 0 Å². The summed E-state index contributed by atoms with van der Waals surface area (Å²) in [5, 5.41) is -0.942. The van der Waals surface area contributed by atoms with Crippen LogP contribution in [-0.4, -0.2) is 70.6 Å². The van der Waals surface area contributed by atoms with E-state index in [2.05, 4.69) is 4.90 Å². The van der Waals surface area contributed by atoms with E-state index < -0.39 is 24.9 Å². The summed E-state index contributed by atoms with van der Waals surface area (Å²) in [6.45, 7) is 2.50. The quantitative estimate of drug-likeness (QED) is 0.706. The lowest BCUT2D eigenvalue weighted by Crippen LogP contribution is -2.48. The summed E-state index contributed by atoms with van der Waals surface area (Å²) in [7, 11) is -7.12. The lowest BCUT2D eigenvalue weighted by Gasteiger charge is -2.36. The molecule has 1 unspecified atom stereocenters. The number of nitrogens with zero attached hydrogens (tertiary/aromatic N) is 2. The van der Waals surface area contributed by atoms with E-state index in [1.165, 1.54) is 12.1 Å². The van der Waals surface area contributed by atoms with Crippen LogP contribution in [0.2, 0.25) is 0 Å². The first-order valence-electron chi connectivity index (χ1n) is 9.90. The fourth-order valence-corrected chi connectivity index (χ4v) is 8.40. The molecule has 0 spiro atoms. The maximum Gasteiger partial charge on any atom is 0.254 e. The van der Waals surface area contributed by atoms with Gasteiger partial charge in [0, 0.05) is 37.4 Å². The van der Waals surface area contributed by atoms with Gasteiger partial charge < -0.3 is 9.80 Å². The number of hydrogen-bond acceptors (Lipinski definition) is 6. The Morgan fingerprint density at radius 1 is 0.933 bits per heavy atom. The maximum absolute atomic E-state index is 13.0. The van der Waals surface area contributed by atoms with Gasteiger partial charge in [-0.2, -0.15) is 0 Å². The molecule has 2 aliphatic rings. The molecule has 160 valence electrons. The number of amides is 1. The summed E-state index contributed by atoms with van der Waals surface area (Å²) in [6.07, 6.45) is 0.101. The summed E-state index contributed by atoms with van der Waals surface area (Å²) in [5.74, 6) is -0.672. The van der Waals surface area contributed by atoms with Crippen molar-refractivity contribution < 1.29 is 21.6 Å². The first-order valence-corrected chi connectivity index (χ1v) is 13.3. The molecule has 0 aliphatic carbocycles. The number of carbonyl (C=O) groups excluding carboxylic acids is 1. The zero-order valence-corrected chi connectivity index (χ0v) is 18.1. The number of anilines is 1. The Morgan fingerprint density at radius 2 is 1.63 bits per heavy atom. The van der Waals surface area contributed by atoms with Crippen LogP contribution in [0.4, 0.5) is 5.69 Å². The Balaban J connectivity index is 1.47. The van der Waals surface area contributed by atoms with Gasteiger partial charge in [-0.1, -0.05) is 24.3 Å². The lowest BCUT2D eigenvalue weighted by atomic mass is 10.1. The third-order valence-electron chi connectivity index (χ3n) is 5.73. The zero-order valence-electron chi connectivity index (χ0n) is 16.5. The van der Waals surface area contributed by atoms with Crippen LogP contribution in [-0.2, 0) is 19.7 Å². The molecular formula is C21H24N2O5S2. The first kappa shape index (κ1) is 20.9. The van der Waals surface area contributed by atoms with Crippen LogP contribution < -0.4 is 4.90 Å². The molecule has 0 saturated carbocycles. The molecule has 30 heavy (non-hydrogen) atoms. The third kappa shape index (κ3) is 4.22. The second-order valence-electron chi connectivity index (χ2n) is 7.71. The minimum Gasteiger partial charge on any atom is -0.368 e. The van der Waals surface area contributed by atoms with Gasteiger partial charge in [-0.25, -0.2) is 16.8 Å². The number of rotatable bonds is 4. The van der Waals surface area contributed by atoms with Crippen LogP contribution >= 0.6 is 0 Å². The molecule has 0 radical (unpaired) electrons. The van der Waals surface area contributed by atoms with Gasteiger partial charge in [-0.3, -0.25) is 4.79 Å². The van der Waals surface area contributed by atoms with Crippen molar-refractivity contribution in [3.8, 4) is 0 Å². The number of hydrogen-bond donors (Lipinski definition) is 0. The summed E-state index contributed by atoms with van der Waals surface area (Å²) in [4.78, 5) is 16.9. The van der Waals surface area contributed by atoms with Crippen molar-refractivity contribution in [2.75, 3.05) is 42.6 Å². The molecular weight excluding hydrogens is 424 g/mol. The topological polar surface area (TPSA) is 91.8 Å². The van der Waals surface area contributed by atoms with Crippen LogP contribution in [0.3, 0.4) is 0 Å². The Hall–Kier alpha value is -2.39. The summed E-state index contributed by atoms with van der Waals surface area (Å²) in [6, 6.07) is 16.0. The predicted octanol–water partition coefficient (Wildman–Crippen LogP) is 1.61. The second kappa shape index (κ2) is 8.03. The van der Waals surface area contributed by atoms with Crippen molar-refractivity contribution in [1.82, 2.24) is 4.90 Å². The molecule has 7 nitrogen and oxygen atoms in total. The molecule has 2 saturated heterocycles. The van der Waals surface area contributed by atoms with Crippen LogP contribution in [0.15, 0.2) is 59.5 Å². The van der Waals surface area contributed by atoms with Crippen LogP contribution in [0.5, 0.6) is 0 Å². The maximum atomic E-state index is 13.0. The van der Waals surface area contributed by atoms with Crippen LogP contribution in [0, 0.1) is 0 Å². The van der Waals surface area contributed by atoms with E-state index >= 15 is 0 Å². The van der Waals surface area contributed by atoms with E-state index in [-0.39, 0.29) is 28.7 Å². The van der Waals surface area contributed by atoms with Crippen molar-refractivity contribution in [3.63, 3.8) is 0 Å². The molecule has 9 heteroatoms. The average Bonchev–Trinajstić information content (AvgIpc) is 3.14. The largest absolute Gasteiger partial charge is 0.368 e. The minimum atomic E-state index is -3.80. The summed E-state index contributed by atoms with van der Waals surface area (Å²) in [5.41, 5.74) is 1.43. The van der Waals surface area contributed by atoms with Gasteiger partial charge in [0.15, 0.2) is 19.7 Å². The predicted molar refractivity (Wildman–Crippen MR) is 115 cm³/mol. The molecule has 2 fully saturated rings. The molecule has 1 atom stereocenters. The molecule has 0 aromatic heterocycles. The number of sulfone groups is 2. The van der Waals surface area contributed by atoms with Gasteiger partial charge in [0.1, 0.15) is 0 Å². The van der Waals surface area contributed by atoms with E-state index in [9.17, 15) is 21.6 Å². The monoisotopic (exact) mass is 448 g/mol. The summed E-state index contributed by atoms with van der Waals surface area (Å²) >= 11 is 0. The highest BCUT2D eigenvalue weighted by Crippen LogP contribution is 2.26. The minimum absolute atomic E-state index is 0.0124. The highest BCUT2D eigenvalue weighted by atomic mass is 32.2. The van der Waals surface area contributed by atoms with Gasteiger partial charge in [0.2, 0.25) is 0 Å². The Labute approximate surface area is 177 Å². The van der Waals surface area contributed by atoms with Crippen LogP contribution in [0.25, 0.3) is 0 Å². The molecule has 1 amide bonds. The Bertz CT molecular complexity index is 1140. The number of benzene rings is 2. The molecule has 4 rings (SSSR count). The second-order valence-corrected chi connectivity index (χ2v) is 12.2. The van der Waals surface area contributed by atoms with Gasteiger partial charge in [-0.05, 0) is 36.8 Å². The van der Waals surface area contributed by atoms with E-state index in [0.29, 0.717) is 31.7 Å². The molecule has 0 N–H and O–H groups in total. The van der Waals surface area contributed by atoms with Crippen molar-refractivity contribution >= 4 is 31.3 Å². The molecule has 0 bridgehead atoms. The number of carbonyl (C=O) groups is 1. The van der Waals surface area contributed by atoms with Gasteiger partial charge in [0.05, 0.1) is 21.7 Å². The fraction of sp³-hybridized carbons (Fsp3) is 0.381. The lowest BCUT2D eigenvalue weighted by molar-refractivity contribution is 0.0746. The number of para-hydroxylation sites is 1. The Kier molecular flexibility index (Phi) is 5.59. The highest BCUT2D eigenvalue weighted by molar-refractivity contribution is 7.96. The zero-order chi connectivity index (χ0) is 21.4. The fourth-order valence-electron chi connectivity index (χ4n) is 3.99. The SMILES string of the molecule is O=C(c1cccc(S(=O)(=O)C2CCS(=O)(=O)C2)c1)N1CCN(c2ccccc2)CC1. The van der Waals surface area contributed by atoms with E-state index in [0.717, 1.165) is 5.69 Å². The molecule has 2 aromatic carbocycles. The molecule has 2 aromatic rings. The van der Waals surface area contributed by atoms with Crippen molar-refractivity contribution in [1.29, 1.82) is 0 Å². The van der Waals surface area contributed by atoms with E-state index in [1.807, 2.05) is 30.3 Å². The number of piperazine rings is 1. The Morgan fingerprint density at radius 3 is 2.27 bits per heavy atom. The normalized spacial score (nSPS) is 21.5. The molecule has 2 aliphatic heterocycles. The average molecular weight is 449 g/mol. The van der Waals surface area contributed by atoms with Gasteiger partial charge >= 0.3 is 0 Å². The third-order valence-corrected chi connectivity index (χ3v) is 9.90. The van der Waals surface area contributed by atoms with Crippen molar-refractivity contribution in [3.05, 3.63) is 60.2 Å². The highest BCUT2D eigenvalue weighted by Gasteiger charge is 2.38. The van der Waals surface area contributed by atoms with Crippen LogP contribution in [0.1, 0.15) is 16.8 Å². The van der Waals surface area contributed by atoms with Gasteiger partial charge in [-0.15, -0.1) is 0 Å².